The minimum Gasteiger partial charge on any atom is -0.320 e. The highest BCUT2D eigenvalue weighted by atomic mass is 32.1. The van der Waals surface area contributed by atoms with Crippen LogP contribution in [0.4, 0.5) is 5.13 Å². The van der Waals surface area contributed by atoms with Crippen LogP contribution in [0.15, 0.2) is 6.20 Å². The van der Waals surface area contributed by atoms with Crippen molar-refractivity contribution in [1.29, 1.82) is 0 Å². The Balaban J connectivity index is 1.92. The highest BCUT2D eigenvalue weighted by Gasteiger charge is 2.21. The van der Waals surface area contributed by atoms with E-state index in [4.69, 9.17) is 5.73 Å². The number of nitrogens with zero attached hydrogens (tertiary/aromatic N) is 1. The van der Waals surface area contributed by atoms with E-state index in [1.54, 1.807) is 6.20 Å². The SMILES string of the molecule is NCC#Cc1cnc(NC(=O)C2CCCCC2)s1. The fourth-order valence-electron chi connectivity index (χ4n) is 2.10. The van der Waals surface area contributed by atoms with Gasteiger partial charge in [-0.25, -0.2) is 4.98 Å². The van der Waals surface area contributed by atoms with Crippen LogP contribution in [0.1, 0.15) is 37.0 Å². The summed E-state index contributed by atoms with van der Waals surface area (Å²) in [5.41, 5.74) is 5.30. The molecule has 18 heavy (non-hydrogen) atoms. The number of nitrogens with two attached hydrogens (primary N) is 1. The molecule has 1 aliphatic carbocycles. The minimum absolute atomic E-state index is 0.0994. The zero-order valence-corrected chi connectivity index (χ0v) is 11.1. The number of anilines is 1. The first-order valence-corrected chi connectivity index (χ1v) is 7.07. The molecule has 0 atom stereocenters. The average molecular weight is 263 g/mol. The van der Waals surface area contributed by atoms with Gasteiger partial charge in [-0.1, -0.05) is 42.4 Å². The predicted octanol–water partition coefficient (Wildman–Crippen LogP) is 1.97. The smallest absolute Gasteiger partial charge is 0.229 e. The normalized spacial score (nSPS) is 15.8. The van der Waals surface area contributed by atoms with Crippen molar-refractivity contribution < 1.29 is 4.79 Å². The molecular weight excluding hydrogens is 246 g/mol. The number of hydrogen-bond donors (Lipinski definition) is 2. The first-order valence-electron chi connectivity index (χ1n) is 6.25. The molecule has 1 aliphatic rings. The second-order valence-electron chi connectivity index (χ2n) is 4.36. The topological polar surface area (TPSA) is 68.0 Å². The van der Waals surface area contributed by atoms with E-state index < -0.39 is 0 Å². The largest absolute Gasteiger partial charge is 0.320 e. The van der Waals surface area contributed by atoms with Gasteiger partial charge in [0.2, 0.25) is 5.91 Å². The lowest BCUT2D eigenvalue weighted by atomic mass is 9.89. The van der Waals surface area contributed by atoms with E-state index in [2.05, 4.69) is 22.1 Å². The number of carbonyl (C=O) groups is 1. The summed E-state index contributed by atoms with van der Waals surface area (Å²) in [6, 6.07) is 0. The summed E-state index contributed by atoms with van der Waals surface area (Å²) >= 11 is 1.39. The van der Waals surface area contributed by atoms with Crippen LogP contribution in [0.2, 0.25) is 0 Å². The molecule has 0 aromatic carbocycles. The maximum Gasteiger partial charge on any atom is 0.229 e. The molecule has 0 radical (unpaired) electrons. The van der Waals surface area contributed by atoms with Gasteiger partial charge in [0.1, 0.15) is 0 Å². The lowest BCUT2D eigenvalue weighted by molar-refractivity contribution is -0.120. The van der Waals surface area contributed by atoms with Gasteiger partial charge in [-0.05, 0) is 12.8 Å². The molecule has 96 valence electrons. The van der Waals surface area contributed by atoms with Gasteiger partial charge in [-0.3, -0.25) is 4.79 Å². The molecule has 1 aromatic heterocycles. The molecule has 0 aliphatic heterocycles. The molecule has 1 aromatic rings. The van der Waals surface area contributed by atoms with Crippen molar-refractivity contribution in [3.8, 4) is 11.8 Å². The van der Waals surface area contributed by atoms with Crippen molar-refractivity contribution in [2.75, 3.05) is 11.9 Å². The second-order valence-corrected chi connectivity index (χ2v) is 5.39. The summed E-state index contributed by atoms with van der Waals surface area (Å²) in [6.07, 6.45) is 7.23. The van der Waals surface area contributed by atoms with Gasteiger partial charge in [0, 0.05) is 5.92 Å². The molecule has 0 unspecified atom stereocenters. The molecular formula is C13H17N3OS. The van der Waals surface area contributed by atoms with E-state index in [0.717, 1.165) is 30.6 Å². The first-order chi connectivity index (χ1) is 8.79. The predicted molar refractivity (Wildman–Crippen MR) is 73.3 cm³/mol. The van der Waals surface area contributed by atoms with Crippen LogP contribution >= 0.6 is 11.3 Å². The zero-order chi connectivity index (χ0) is 12.8. The Kier molecular flexibility index (Phi) is 4.73. The van der Waals surface area contributed by atoms with Gasteiger partial charge in [-0.15, -0.1) is 0 Å². The quantitative estimate of drug-likeness (QED) is 0.802. The average Bonchev–Trinajstić information content (AvgIpc) is 2.85. The van der Waals surface area contributed by atoms with Gasteiger partial charge >= 0.3 is 0 Å². The van der Waals surface area contributed by atoms with Gasteiger partial charge in [0.05, 0.1) is 17.6 Å². The lowest BCUT2D eigenvalue weighted by Gasteiger charge is -2.19. The van der Waals surface area contributed by atoms with Crippen LogP contribution in [0.5, 0.6) is 0 Å². The van der Waals surface area contributed by atoms with E-state index in [-0.39, 0.29) is 11.8 Å². The number of thiazole rings is 1. The molecule has 4 nitrogen and oxygen atoms in total. The third-order valence-corrected chi connectivity index (χ3v) is 3.85. The molecule has 0 spiro atoms. The molecule has 0 saturated heterocycles. The third-order valence-electron chi connectivity index (χ3n) is 3.03. The van der Waals surface area contributed by atoms with Crippen molar-refractivity contribution in [1.82, 2.24) is 4.98 Å². The number of hydrogen-bond acceptors (Lipinski definition) is 4. The fourth-order valence-corrected chi connectivity index (χ4v) is 2.79. The molecule has 1 saturated carbocycles. The standard InChI is InChI=1S/C13H17N3OS/c14-8-4-7-11-9-15-13(18-11)16-12(17)10-5-2-1-3-6-10/h9-10H,1-3,5-6,8,14H2,(H,15,16,17). The van der Waals surface area contributed by atoms with Gasteiger partial charge in [0.25, 0.3) is 0 Å². The number of amides is 1. The highest BCUT2D eigenvalue weighted by molar-refractivity contribution is 7.16. The van der Waals surface area contributed by atoms with E-state index >= 15 is 0 Å². The van der Waals surface area contributed by atoms with Crippen molar-refractivity contribution in [3.05, 3.63) is 11.1 Å². The Hall–Kier alpha value is -1.38. The van der Waals surface area contributed by atoms with Gasteiger partial charge in [0.15, 0.2) is 5.13 Å². The molecule has 3 N–H and O–H groups in total. The van der Waals surface area contributed by atoms with Crippen LogP contribution in [0.3, 0.4) is 0 Å². The minimum atomic E-state index is 0.0994. The summed E-state index contributed by atoms with van der Waals surface area (Å²) in [7, 11) is 0. The van der Waals surface area contributed by atoms with Crippen LogP contribution in [0, 0.1) is 17.8 Å². The molecule has 1 amide bonds. The van der Waals surface area contributed by atoms with Crippen molar-refractivity contribution in [2.45, 2.75) is 32.1 Å². The van der Waals surface area contributed by atoms with E-state index in [1.165, 1.54) is 17.8 Å². The Morgan fingerprint density at radius 2 is 2.28 bits per heavy atom. The monoisotopic (exact) mass is 263 g/mol. The fraction of sp³-hybridized carbons (Fsp3) is 0.538. The lowest BCUT2D eigenvalue weighted by Crippen LogP contribution is -2.24. The number of rotatable bonds is 2. The van der Waals surface area contributed by atoms with E-state index in [9.17, 15) is 4.79 Å². The maximum absolute atomic E-state index is 12.0. The van der Waals surface area contributed by atoms with Crippen molar-refractivity contribution in [2.24, 2.45) is 11.7 Å². The van der Waals surface area contributed by atoms with E-state index in [1.807, 2.05) is 0 Å². The third kappa shape index (κ3) is 3.56. The molecule has 2 rings (SSSR count). The number of aromatic nitrogens is 1. The number of nitrogens with one attached hydrogen (secondary N) is 1. The van der Waals surface area contributed by atoms with Crippen LogP contribution in [0.25, 0.3) is 0 Å². The summed E-state index contributed by atoms with van der Waals surface area (Å²) in [6.45, 7) is 0.335. The van der Waals surface area contributed by atoms with Crippen LogP contribution < -0.4 is 11.1 Å². The van der Waals surface area contributed by atoms with Crippen molar-refractivity contribution >= 4 is 22.4 Å². The van der Waals surface area contributed by atoms with E-state index in [0.29, 0.717) is 11.7 Å². The molecule has 1 fully saturated rings. The highest BCUT2D eigenvalue weighted by Crippen LogP contribution is 2.25. The van der Waals surface area contributed by atoms with Gasteiger partial charge in [-0.2, -0.15) is 0 Å². The zero-order valence-electron chi connectivity index (χ0n) is 10.2. The van der Waals surface area contributed by atoms with Crippen LogP contribution in [-0.2, 0) is 4.79 Å². The van der Waals surface area contributed by atoms with Gasteiger partial charge < -0.3 is 11.1 Å². The summed E-state index contributed by atoms with van der Waals surface area (Å²) in [4.78, 5) is 17.0. The first kappa shape index (κ1) is 13.1. The number of carbonyl (C=O) groups excluding carboxylic acids is 1. The van der Waals surface area contributed by atoms with Crippen molar-refractivity contribution in [3.63, 3.8) is 0 Å². The summed E-state index contributed by atoms with van der Waals surface area (Å²) in [5, 5.41) is 3.51. The molecule has 5 heteroatoms. The molecule has 0 bridgehead atoms. The molecule has 1 heterocycles. The maximum atomic E-state index is 12.0. The summed E-state index contributed by atoms with van der Waals surface area (Å²) in [5.74, 6) is 5.93. The Morgan fingerprint density at radius 1 is 1.50 bits per heavy atom. The Bertz CT molecular complexity index is 466. The Labute approximate surface area is 111 Å². The summed E-state index contributed by atoms with van der Waals surface area (Å²) < 4.78 is 0. The van der Waals surface area contributed by atoms with Crippen LogP contribution in [-0.4, -0.2) is 17.4 Å². The Morgan fingerprint density at radius 3 is 3.00 bits per heavy atom. The second kappa shape index (κ2) is 6.53.